The van der Waals surface area contributed by atoms with E-state index in [0.717, 1.165) is 48.6 Å². The number of nitriles is 1. The topological polar surface area (TPSA) is 107 Å². The highest BCUT2D eigenvalue weighted by Crippen LogP contribution is 2.30. The molecule has 2 fully saturated rings. The number of ether oxygens (including phenoxy) is 2. The van der Waals surface area contributed by atoms with Crippen molar-refractivity contribution in [3.05, 3.63) is 47.2 Å². The maximum atomic E-state index is 12.8. The van der Waals surface area contributed by atoms with Crippen LogP contribution >= 0.6 is 0 Å². The van der Waals surface area contributed by atoms with Gasteiger partial charge in [0, 0.05) is 37.8 Å². The highest BCUT2D eigenvalue weighted by molar-refractivity contribution is 5.68. The largest absolute Gasteiger partial charge is 0.462 e. The van der Waals surface area contributed by atoms with E-state index in [1.807, 2.05) is 30.3 Å². The van der Waals surface area contributed by atoms with Crippen LogP contribution in [0.25, 0.3) is 0 Å². The molecular weight excluding hydrogens is 470 g/mol. The molecule has 2 aromatic rings. The van der Waals surface area contributed by atoms with Gasteiger partial charge in [-0.05, 0) is 45.0 Å². The highest BCUT2D eigenvalue weighted by atomic mass is 16.6. The first-order valence-electron chi connectivity index (χ1n) is 13.1. The molecule has 5 rings (SSSR count). The average Bonchev–Trinajstić information content (AvgIpc) is 3.35. The number of benzene rings is 1. The Morgan fingerprint density at radius 3 is 2.84 bits per heavy atom. The van der Waals surface area contributed by atoms with Gasteiger partial charge in [-0.2, -0.15) is 15.2 Å². The van der Waals surface area contributed by atoms with E-state index in [-0.39, 0.29) is 25.2 Å². The number of likely N-dealkylation sites (N-methyl/N-ethyl adjacent to an activating group) is 1. The summed E-state index contributed by atoms with van der Waals surface area (Å²) in [7, 11) is 2.13. The van der Waals surface area contributed by atoms with Gasteiger partial charge in [-0.15, -0.1) is 0 Å². The molecule has 2 unspecified atom stereocenters. The molecule has 1 N–H and O–H groups in total. The summed E-state index contributed by atoms with van der Waals surface area (Å²) in [6.07, 6.45) is 3.03. The Balaban J connectivity index is 1.31. The fraction of sp³-hybridized carbons (Fsp3) is 0.556. The minimum absolute atomic E-state index is 0.189. The lowest BCUT2D eigenvalue weighted by Gasteiger charge is -2.42. The van der Waals surface area contributed by atoms with Crippen molar-refractivity contribution in [1.82, 2.24) is 25.1 Å². The number of fused-ring (bicyclic) bond motifs is 1. The fourth-order valence-electron chi connectivity index (χ4n) is 5.37. The lowest BCUT2D eigenvalue weighted by molar-refractivity contribution is 0.0889. The lowest BCUT2D eigenvalue weighted by atomic mass is 10.0. The molecule has 0 spiro atoms. The van der Waals surface area contributed by atoms with Crippen molar-refractivity contribution in [3.63, 3.8) is 0 Å². The quantitative estimate of drug-likeness (QED) is 0.607. The summed E-state index contributed by atoms with van der Waals surface area (Å²) >= 11 is 0. The number of amides is 1. The molecular formula is C27H35N7O3. The zero-order valence-electron chi connectivity index (χ0n) is 21.4. The number of aromatic nitrogens is 2. The molecule has 0 radical (unpaired) electrons. The highest BCUT2D eigenvalue weighted by Gasteiger charge is 2.34. The van der Waals surface area contributed by atoms with Crippen LogP contribution in [0.2, 0.25) is 0 Å². The van der Waals surface area contributed by atoms with Crippen molar-refractivity contribution >= 4 is 11.9 Å². The van der Waals surface area contributed by atoms with Gasteiger partial charge in [0.15, 0.2) is 0 Å². The molecule has 0 saturated carbocycles. The zero-order chi connectivity index (χ0) is 25.6. The molecule has 3 aliphatic heterocycles. The van der Waals surface area contributed by atoms with Crippen molar-refractivity contribution in [2.75, 3.05) is 51.3 Å². The number of nitrogens with one attached hydrogen (secondary N) is 1. The van der Waals surface area contributed by atoms with Crippen LogP contribution in [0.3, 0.4) is 0 Å². The Kier molecular flexibility index (Phi) is 8.02. The van der Waals surface area contributed by atoms with Gasteiger partial charge in [-0.25, -0.2) is 4.79 Å². The molecule has 0 bridgehead atoms. The number of carbonyl (C=O) groups is 1. The van der Waals surface area contributed by atoms with Gasteiger partial charge in [0.2, 0.25) is 0 Å². The van der Waals surface area contributed by atoms with Crippen molar-refractivity contribution in [2.24, 2.45) is 0 Å². The molecule has 0 aliphatic carbocycles. The van der Waals surface area contributed by atoms with E-state index in [4.69, 9.17) is 19.4 Å². The van der Waals surface area contributed by atoms with Crippen molar-refractivity contribution in [2.45, 2.75) is 50.9 Å². The van der Waals surface area contributed by atoms with Crippen LogP contribution in [0.5, 0.6) is 6.01 Å². The first-order chi connectivity index (χ1) is 18.1. The average molecular weight is 506 g/mol. The maximum Gasteiger partial charge on any atom is 0.410 e. The number of nitrogens with zero attached hydrogens (tertiary/aromatic N) is 6. The van der Waals surface area contributed by atoms with Crippen LogP contribution in [0.15, 0.2) is 30.3 Å². The molecule has 1 aromatic heterocycles. The fourth-order valence-corrected chi connectivity index (χ4v) is 5.37. The SMILES string of the molecule is CN1CCCC1COc1nc2c(c(N3CCN(C(=O)OCc4ccccc4)CC3CC#N)n1)CCNC2. The Morgan fingerprint density at radius 1 is 1.19 bits per heavy atom. The molecule has 37 heavy (non-hydrogen) atoms. The van der Waals surface area contributed by atoms with E-state index in [0.29, 0.717) is 44.8 Å². The van der Waals surface area contributed by atoms with Crippen LogP contribution in [0.4, 0.5) is 10.6 Å². The Hall–Kier alpha value is -3.42. The van der Waals surface area contributed by atoms with Crippen LogP contribution in [0, 0.1) is 11.3 Å². The molecule has 2 atom stereocenters. The summed E-state index contributed by atoms with van der Waals surface area (Å²) in [6, 6.07) is 12.5. The minimum Gasteiger partial charge on any atom is -0.462 e. The number of piperazine rings is 1. The summed E-state index contributed by atoms with van der Waals surface area (Å²) in [5, 5.41) is 13.0. The molecule has 1 amide bonds. The number of hydrogen-bond donors (Lipinski definition) is 1. The number of rotatable bonds is 7. The number of likely N-dealkylation sites (tertiary alicyclic amines) is 1. The number of hydrogen-bond acceptors (Lipinski definition) is 9. The molecule has 196 valence electrons. The first kappa shape index (κ1) is 25.2. The minimum atomic E-state index is -0.356. The number of carbonyl (C=O) groups excluding carboxylic acids is 1. The Bertz CT molecular complexity index is 1120. The standard InChI is InChI=1S/C27H35N7O3/c1-32-13-5-8-22(32)19-36-26-30-24-16-29-12-10-23(24)25(31-26)34-15-14-33(17-21(34)9-11-28)27(35)37-18-20-6-3-2-4-7-20/h2-4,6-7,21-22,29H,5,8-10,12-19H2,1H3. The maximum absolute atomic E-state index is 12.8. The Morgan fingerprint density at radius 2 is 2.05 bits per heavy atom. The normalized spacial score (nSPS) is 21.8. The van der Waals surface area contributed by atoms with Crippen LogP contribution in [0.1, 0.15) is 36.1 Å². The summed E-state index contributed by atoms with van der Waals surface area (Å²) in [5.74, 6) is 0.832. The van der Waals surface area contributed by atoms with Crippen molar-refractivity contribution < 1.29 is 14.3 Å². The lowest BCUT2D eigenvalue weighted by Crippen LogP contribution is -2.55. The van der Waals surface area contributed by atoms with E-state index in [2.05, 4.69) is 28.2 Å². The molecule has 2 saturated heterocycles. The molecule has 3 aliphatic rings. The Labute approximate surface area is 218 Å². The molecule has 10 nitrogen and oxygen atoms in total. The molecule has 1 aromatic carbocycles. The van der Waals surface area contributed by atoms with E-state index >= 15 is 0 Å². The molecule has 4 heterocycles. The smallest absolute Gasteiger partial charge is 0.410 e. The van der Waals surface area contributed by atoms with Gasteiger partial charge in [0.05, 0.1) is 24.2 Å². The third kappa shape index (κ3) is 5.95. The second-order valence-corrected chi connectivity index (χ2v) is 9.97. The first-order valence-corrected chi connectivity index (χ1v) is 13.1. The van der Waals surface area contributed by atoms with E-state index in [1.54, 1.807) is 4.90 Å². The third-order valence-corrected chi connectivity index (χ3v) is 7.52. The van der Waals surface area contributed by atoms with Crippen molar-refractivity contribution in [1.29, 1.82) is 5.26 Å². The van der Waals surface area contributed by atoms with Crippen molar-refractivity contribution in [3.8, 4) is 12.1 Å². The van der Waals surface area contributed by atoms with Crippen LogP contribution < -0.4 is 15.0 Å². The van der Waals surface area contributed by atoms with E-state index < -0.39 is 0 Å². The predicted octanol–water partition coefficient (Wildman–Crippen LogP) is 2.34. The van der Waals surface area contributed by atoms with Gasteiger partial charge in [-0.3, -0.25) is 0 Å². The second-order valence-electron chi connectivity index (χ2n) is 9.97. The predicted molar refractivity (Wildman–Crippen MR) is 138 cm³/mol. The monoisotopic (exact) mass is 505 g/mol. The van der Waals surface area contributed by atoms with Crippen LogP contribution in [-0.2, 0) is 24.3 Å². The van der Waals surface area contributed by atoms with E-state index in [1.165, 1.54) is 6.42 Å². The van der Waals surface area contributed by atoms with Gasteiger partial charge in [0.25, 0.3) is 0 Å². The second kappa shape index (κ2) is 11.8. The van der Waals surface area contributed by atoms with Gasteiger partial charge in [0.1, 0.15) is 19.0 Å². The van der Waals surface area contributed by atoms with Gasteiger partial charge < -0.3 is 29.5 Å². The summed E-state index contributed by atoms with van der Waals surface area (Å²) < 4.78 is 11.7. The van der Waals surface area contributed by atoms with Crippen LogP contribution in [-0.4, -0.2) is 84.3 Å². The number of anilines is 1. The third-order valence-electron chi connectivity index (χ3n) is 7.52. The summed E-state index contributed by atoms with van der Waals surface area (Å²) in [4.78, 5) is 28.6. The van der Waals surface area contributed by atoms with E-state index in [9.17, 15) is 10.1 Å². The zero-order valence-corrected chi connectivity index (χ0v) is 21.4. The van der Waals surface area contributed by atoms with Gasteiger partial charge in [-0.1, -0.05) is 30.3 Å². The van der Waals surface area contributed by atoms with Gasteiger partial charge >= 0.3 is 12.1 Å². The summed E-state index contributed by atoms with van der Waals surface area (Å²) in [5.41, 5.74) is 3.00. The summed E-state index contributed by atoms with van der Waals surface area (Å²) in [6.45, 7) is 4.86. The molecule has 10 heteroatoms.